The first-order valence-corrected chi connectivity index (χ1v) is 7.64. The van der Waals surface area contributed by atoms with E-state index in [0.717, 1.165) is 43.6 Å². The van der Waals surface area contributed by atoms with Crippen LogP contribution in [0.4, 0.5) is 5.69 Å². The zero-order chi connectivity index (χ0) is 15.0. The third-order valence-electron chi connectivity index (χ3n) is 3.56. The van der Waals surface area contributed by atoms with E-state index in [0.29, 0.717) is 0 Å². The van der Waals surface area contributed by atoms with E-state index < -0.39 is 0 Å². The molecule has 1 heterocycles. The minimum atomic E-state index is 0.103. The summed E-state index contributed by atoms with van der Waals surface area (Å²) in [5.41, 5.74) is 1.54. The van der Waals surface area contributed by atoms with Crippen molar-refractivity contribution < 1.29 is 4.79 Å². The molecule has 1 amide bonds. The summed E-state index contributed by atoms with van der Waals surface area (Å²) in [6.07, 6.45) is 6.51. The summed E-state index contributed by atoms with van der Waals surface area (Å²) in [5.74, 6) is 0.103. The molecule has 0 aliphatic carbocycles. The van der Waals surface area contributed by atoms with E-state index in [1.807, 2.05) is 17.9 Å². The molecule has 1 rings (SSSR count). The number of amides is 1. The molecule has 4 nitrogen and oxygen atoms in total. The molecule has 1 aromatic heterocycles. The number of nitrogens with zero attached hydrogens (tertiary/aromatic N) is 2. The highest BCUT2D eigenvalue weighted by molar-refractivity contribution is 5.99. The second-order valence-corrected chi connectivity index (χ2v) is 5.06. The van der Waals surface area contributed by atoms with Gasteiger partial charge in [0.1, 0.15) is 0 Å². The predicted octanol–water partition coefficient (Wildman–Crippen LogP) is 3.55. The summed E-state index contributed by atoms with van der Waals surface area (Å²) in [6.45, 7) is 10.00. The van der Waals surface area contributed by atoms with Gasteiger partial charge in [0.2, 0.25) is 0 Å². The molecule has 0 bridgehead atoms. The largest absolute Gasteiger partial charge is 0.383 e. The highest BCUT2D eigenvalue weighted by Crippen LogP contribution is 2.18. The Bertz CT molecular complexity index is 420. The van der Waals surface area contributed by atoms with E-state index >= 15 is 0 Å². The normalized spacial score (nSPS) is 12.0. The number of rotatable bonds is 8. The lowest BCUT2D eigenvalue weighted by molar-refractivity contribution is 0.0686. The SMILES string of the molecule is CCCCN(C(=O)c1ccncc1NCC)C(C)CC. The number of carbonyl (C=O) groups is 1. The van der Waals surface area contributed by atoms with Crippen LogP contribution in [0.15, 0.2) is 18.5 Å². The molecule has 0 saturated carbocycles. The average molecular weight is 277 g/mol. The smallest absolute Gasteiger partial charge is 0.256 e. The van der Waals surface area contributed by atoms with E-state index in [1.165, 1.54) is 0 Å². The van der Waals surface area contributed by atoms with Gasteiger partial charge in [0.25, 0.3) is 5.91 Å². The minimum absolute atomic E-state index is 0.103. The van der Waals surface area contributed by atoms with Crippen molar-refractivity contribution in [1.82, 2.24) is 9.88 Å². The Morgan fingerprint density at radius 1 is 1.40 bits per heavy atom. The van der Waals surface area contributed by atoms with Gasteiger partial charge in [-0.05, 0) is 32.8 Å². The van der Waals surface area contributed by atoms with Gasteiger partial charge in [-0.2, -0.15) is 0 Å². The third-order valence-corrected chi connectivity index (χ3v) is 3.56. The van der Waals surface area contributed by atoms with Crippen LogP contribution in [0.5, 0.6) is 0 Å². The number of aromatic nitrogens is 1. The van der Waals surface area contributed by atoms with E-state index in [9.17, 15) is 4.79 Å². The summed E-state index contributed by atoms with van der Waals surface area (Å²) in [7, 11) is 0. The zero-order valence-corrected chi connectivity index (χ0v) is 13.1. The van der Waals surface area contributed by atoms with Crippen molar-refractivity contribution in [3.63, 3.8) is 0 Å². The number of carbonyl (C=O) groups excluding carboxylic acids is 1. The highest BCUT2D eigenvalue weighted by atomic mass is 16.2. The van der Waals surface area contributed by atoms with Crippen LogP contribution in [0.3, 0.4) is 0 Å². The molecule has 1 atom stereocenters. The van der Waals surface area contributed by atoms with Gasteiger partial charge in [0.05, 0.1) is 17.4 Å². The quantitative estimate of drug-likeness (QED) is 0.790. The molecule has 4 heteroatoms. The van der Waals surface area contributed by atoms with Gasteiger partial charge >= 0.3 is 0 Å². The van der Waals surface area contributed by atoms with Crippen molar-refractivity contribution >= 4 is 11.6 Å². The Morgan fingerprint density at radius 3 is 2.75 bits per heavy atom. The minimum Gasteiger partial charge on any atom is -0.383 e. The fourth-order valence-corrected chi connectivity index (χ4v) is 2.14. The molecule has 1 N–H and O–H groups in total. The molecule has 0 fully saturated rings. The van der Waals surface area contributed by atoms with Crippen LogP contribution >= 0.6 is 0 Å². The first kappa shape index (κ1) is 16.5. The summed E-state index contributed by atoms with van der Waals surface area (Å²) < 4.78 is 0. The standard InChI is InChI=1S/C16H27N3O/c1-5-8-11-19(13(4)6-2)16(20)14-9-10-17-12-15(14)18-7-3/h9-10,12-13,18H,5-8,11H2,1-4H3. The Kier molecular flexibility index (Phi) is 7.05. The maximum absolute atomic E-state index is 12.8. The lowest BCUT2D eigenvalue weighted by Crippen LogP contribution is -2.39. The van der Waals surface area contributed by atoms with Crippen LogP contribution in [0.2, 0.25) is 0 Å². The maximum atomic E-state index is 12.8. The van der Waals surface area contributed by atoms with Crippen LogP contribution in [0, 0.1) is 0 Å². The highest BCUT2D eigenvalue weighted by Gasteiger charge is 2.22. The summed E-state index contributed by atoms with van der Waals surface area (Å²) in [6, 6.07) is 2.07. The Morgan fingerprint density at radius 2 is 2.15 bits per heavy atom. The number of pyridine rings is 1. The molecular formula is C16H27N3O. The molecular weight excluding hydrogens is 250 g/mol. The van der Waals surface area contributed by atoms with Gasteiger partial charge in [-0.3, -0.25) is 9.78 Å². The van der Waals surface area contributed by atoms with Crippen LogP contribution in [0.1, 0.15) is 57.3 Å². The lowest BCUT2D eigenvalue weighted by atomic mass is 10.1. The first-order valence-electron chi connectivity index (χ1n) is 7.64. The van der Waals surface area contributed by atoms with E-state index in [4.69, 9.17) is 0 Å². The van der Waals surface area contributed by atoms with Gasteiger partial charge in [-0.25, -0.2) is 0 Å². The first-order chi connectivity index (χ1) is 9.65. The van der Waals surface area contributed by atoms with Crippen molar-refractivity contribution in [2.75, 3.05) is 18.4 Å². The molecule has 0 radical (unpaired) electrons. The monoisotopic (exact) mass is 277 g/mol. The van der Waals surface area contributed by atoms with Crippen molar-refractivity contribution in [3.05, 3.63) is 24.0 Å². The Hall–Kier alpha value is -1.58. The molecule has 0 spiro atoms. The van der Waals surface area contributed by atoms with Crippen LogP contribution < -0.4 is 5.32 Å². The van der Waals surface area contributed by atoms with Gasteiger partial charge in [-0.15, -0.1) is 0 Å². The topological polar surface area (TPSA) is 45.2 Å². The second-order valence-electron chi connectivity index (χ2n) is 5.06. The number of anilines is 1. The van der Waals surface area contributed by atoms with Gasteiger partial charge in [-0.1, -0.05) is 20.3 Å². The van der Waals surface area contributed by atoms with Crippen molar-refractivity contribution in [1.29, 1.82) is 0 Å². The number of hydrogen-bond donors (Lipinski definition) is 1. The predicted molar refractivity (Wildman–Crippen MR) is 84.1 cm³/mol. The summed E-state index contributed by atoms with van der Waals surface area (Å²) in [4.78, 5) is 18.9. The molecule has 0 aliphatic rings. The van der Waals surface area contributed by atoms with Crippen LogP contribution in [0.25, 0.3) is 0 Å². The third kappa shape index (κ3) is 4.22. The van der Waals surface area contributed by atoms with Gasteiger partial charge in [0, 0.05) is 25.3 Å². The fourth-order valence-electron chi connectivity index (χ4n) is 2.14. The Balaban J connectivity index is 2.98. The van der Waals surface area contributed by atoms with E-state index in [2.05, 4.69) is 31.1 Å². The second kappa shape index (κ2) is 8.56. The van der Waals surface area contributed by atoms with Crippen molar-refractivity contribution in [3.8, 4) is 0 Å². The number of unbranched alkanes of at least 4 members (excludes halogenated alkanes) is 1. The average Bonchev–Trinajstić information content (AvgIpc) is 2.48. The molecule has 0 aliphatic heterocycles. The van der Waals surface area contributed by atoms with E-state index in [-0.39, 0.29) is 11.9 Å². The molecule has 112 valence electrons. The Labute approximate surface area is 122 Å². The lowest BCUT2D eigenvalue weighted by Gasteiger charge is -2.29. The van der Waals surface area contributed by atoms with Crippen LogP contribution in [-0.4, -0.2) is 34.9 Å². The zero-order valence-electron chi connectivity index (χ0n) is 13.1. The molecule has 0 aromatic carbocycles. The maximum Gasteiger partial charge on any atom is 0.256 e. The van der Waals surface area contributed by atoms with E-state index in [1.54, 1.807) is 12.4 Å². The summed E-state index contributed by atoms with van der Waals surface area (Å²) >= 11 is 0. The molecule has 20 heavy (non-hydrogen) atoms. The fraction of sp³-hybridized carbons (Fsp3) is 0.625. The van der Waals surface area contributed by atoms with Gasteiger partial charge < -0.3 is 10.2 Å². The molecule has 1 unspecified atom stereocenters. The number of nitrogens with one attached hydrogen (secondary N) is 1. The van der Waals surface area contributed by atoms with Crippen molar-refractivity contribution in [2.24, 2.45) is 0 Å². The molecule has 0 saturated heterocycles. The summed E-state index contributed by atoms with van der Waals surface area (Å²) in [5, 5.41) is 3.21. The van der Waals surface area contributed by atoms with Crippen molar-refractivity contribution in [2.45, 2.75) is 53.0 Å². The molecule has 1 aromatic rings. The van der Waals surface area contributed by atoms with Gasteiger partial charge in [0.15, 0.2) is 0 Å². The van der Waals surface area contributed by atoms with Crippen LogP contribution in [-0.2, 0) is 0 Å². The number of hydrogen-bond acceptors (Lipinski definition) is 3.